The van der Waals surface area contributed by atoms with E-state index in [1.165, 1.54) is 0 Å². The third-order valence-corrected chi connectivity index (χ3v) is 2.89. The number of alkyl halides is 3. The van der Waals surface area contributed by atoms with Gasteiger partial charge in [0, 0.05) is 0 Å². The summed E-state index contributed by atoms with van der Waals surface area (Å²) in [5.74, 6) is -2.02. The summed E-state index contributed by atoms with van der Waals surface area (Å²) in [7, 11) is 0. The lowest BCUT2D eigenvalue weighted by Crippen LogP contribution is -2.45. The fourth-order valence-electron chi connectivity index (χ4n) is 1.54. The normalized spacial score (nSPS) is 16.6. The van der Waals surface area contributed by atoms with Gasteiger partial charge in [0.1, 0.15) is 12.1 Å². The monoisotopic (exact) mass is 312 g/mol. The fraction of sp³-hybridized carbons (Fsp3) is 0.500. The molecule has 1 aromatic rings. The molecule has 10 heteroatoms. The van der Waals surface area contributed by atoms with Crippen LogP contribution in [0.3, 0.4) is 0 Å². The van der Waals surface area contributed by atoms with Crippen molar-refractivity contribution in [1.29, 1.82) is 0 Å². The molecule has 110 valence electrons. The maximum Gasteiger partial charge on any atom is 0.405 e. The van der Waals surface area contributed by atoms with Crippen molar-refractivity contribution in [2.45, 2.75) is 24.6 Å². The second-order valence-electron chi connectivity index (χ2n) is 4.34. The van der Waals surface area contributed by atoms with Gasteiger partial charge >= 0.3 is 6.18 Å². The average Bonchev–Trinajstić information content (AvgIpc) is 3.11. The molecule has 1 aliphatic rings. The molecule has 1 heterocycles. The molecule has 0 atom stereocenters. The Morgan fingerprint density at radius 3 is 2.65 bits per heavy atom. The Morgan fingerprint density at radius 1 is 1.45 bits per heavy atom. The SMILES string of the molecule is O=C(NCC(F)(F)F)C1(Nc2nc(Cl)ncc2F)CC1. The van der Waals surface area contributed by atoms with Gasteiger partial charge in [-0.15, -0.1) is 0 Å². The van der Waals surface area contributed by atoms with Crippen LogP contribution in [0, 0.1) is 5.82 Å². The number of hydrogen-bond acceptors (Lipinski definition) is 4. The van der Waals surface area contributed by atoms with E-state index >= 15 is 0 Å². The number of anilines is 1. The van der Waals surface area contributed by atoms with Gasteiger partial charge in [-0.2, -0.15) is 18.2 Å². The third-order valence-electron chi connectivity index (χ3n) is 2.71. The first-order valence-corrected chi connectivity index (χ1v) is 5.91. The third kappa shape index (κ3) is 3.47. The Balaban J connectivity index is 2.04. The summed E-state index contributed by atoms with van der Waals surface area (Å²) in [6, 6.07) is 0. The van der Waals surface area contributed by atoms with Crippen LogP contribution in [0.2, 0.25) is 5.28 Å². The minimum absolute atomic E-state index is 0.236. The maximum atomic E-state index is 13.4. The van der Waals surface area contributed by atoms with Crippen LogP contribution in [0.4, 0.5) is 23.4 Å². The molecule has 1 aliphatic carbocycles. The molecule has 0 spiro atoms. The van der Waals surface area contributed by atoms with Crippen LogP contribution < -0.4 is 10.6 Å². The summed E-state index contributed by atoms with van der Waals surface area (Å²) in [5.41, 5.74) is -1.27. The van der Waals surface area contributed by atoms with Crippen molar-refractivity contribution in [3.8, 4) is 0 Å². The first kappa shape index (κ1) is 14.8. The van der Waals surface area contributed by atoms with Crippen molar-refractivity contribution in [1.82, 2.24) is 15.3 Å². The smallest absolute Gasteiger partial charge is 0.353 e. The van der Waals surface area contributed by atoms with E-state index in [2.05, 4.69) is 15.3 Å². The Bertz CT molecular complexity index is 532. The summed E-state index contributed by atoms with van der Waals surface area (Å²) in [6.07, 6.45) is -3.15. The predicted octanol–water partition coefficient (Wildman–Crippen LogP) is 1.89. The van der Waals surface area contributed by atoms with E-state index in [0.29, 0.717) is 0 Å². The van der Waals surface area contributed by atoms with Gasteiger partial charge in [-0.05, 0) is 24.4 Å². The molecule has 1 amide bonds. The van der Waals surface area contributed by atoms with E-state index in [1.54, 1.807) is 5.32 Å². The van der Waals surface area contributed by atoms with Gasteiger partial charge in [-0.25, -0.2) is 9.37 Å². The molecule has 2 N–H and O–H groups in total. The molecule has 0 aliphatic heterocycles. The summed E-state index contributed by atoms with van der Waals surface area (Å²) in [4.78, 5) is 18.7. The largest absolute Gasteiger partial charge is 0.405 e. The highest BCUT2D eigenvalue weighted by molar-refractivity contribution is 6.28. The maximum absolute atomic E-state index is 13.4. The van der Waals surface area contributed by atoms with E-state index in [0.717, 1.165) is 6.20 Å². The number of rotatable bonds is 4. The van der Waals surface area contributed by atoms with Crippen molar-refractivity contribution in [3.63, 3.8) is 0 Å². The van der Waals surface area contributed by atoms with Crippen LogP contribution in [0.5, 0.6) is 0 Å². The van der Waals surface area contributed by atoms with Gasteiger partial charge in [0.05, 0.1) is 6.20 Å². The van der Waals surface area contributed by atoms with Crippen LogP contribution in [-0.2, 0) is 4.79 Å². The topological polar surface area (TPSA) is 66.9 Å². The number of carbonyl (C=O) groups is 1. The number of hydrogen-bond donors (Lipinski definition) is 2. The molecule has 5 nitrogen and oxygen atoms in total. The molecule has 0 radical (unpaired) electrons. The van der Waals surface area contributed by atoms with Gasteiger partial charge in [0.25, 0.3) is 0 Å². The molecule has 1 saturated carbocycles. The summed E-state index contributed by atoms with van der Waals surface area (Å²) < 4.78 is 49.5. The van der Waals surface area contributed by atoms with Crippen LogP contribution in [0.15, 0.2) is 6.20 Å². The zero-order valence-electron chi connectivity index (χ0n) is 9.89. The zero-order chi connectivity index (χ0) is 15.0. The van der Waals surface area contributed by atoms with E-state index in [1.807, 2.05) is 0 Å². The molecule has 0 aromatic carbocycles. The van der Waals surface area contributed by atoms with Crippen molar-refractivity contribution >= 4 is 23.3 Å². The van der Waals surface area contributed by atoms with Crippen LogP contribution >= 0.6 is 11.6 Å². The number of carbonyl (C=O) groups excluding carboxylic acids is 1. The number of nitrogens with zero attached hydrogens (tertiary/aromatic N) is 2. The molecule has 0 saturated heterocycles. The van der Waals surface area contributed by atoms with Crippen LogP contribution in [0.25, 0.3) is 0 Å². The predicted molar refractivity (Wildman–Crippen MR) is 61.7 cm³/mol. The quantitative estimate of drug-likeness (QED) is 0.658. The van der Waals surface area contributed by atoms with Crippen molar-refractivity contribution < 1.29 is 22.4 Å². The molecular formula is C10H9ClF4N4O. The van der Waals surface area contributed by atoms with Gasteiger partial charge < -0.3 is 10.6 Å². The summed E-state index contributed by atoms with van der Waals surface area (Å²) in [5, 5.41) is 4.00. The Labute approximate surface area is 115 Å². The van der Waals surface area contributed by atoms with Crippen LogP contribution in [0.1, 0.15) is 12.8 Å². The van der Waals surface area contributed by atoms with Gasteiger partial charge in [-0.1, -0.05) is 0 Å². The zero-order valence-corrected chi connectivity index (χ0v) is 10.6. The molecule has 2 rings (SSSR count). The fourth-order valence-corrected chi connectivity index (χ4v) is 1.68. The second kappa shape index (κ2) is 5.04. The van der Waals surface area contributed by atoms with Crippen molar-refractivity contribution in [2.75, 3.05) is 11.9 Å². The van der Waals surface area contributed by atoms with Crippen molar-refractivity contribution in [2.24, 2.45) is 0 Å². The van der Waals surface area contributed by atoms with Crippen molar-refractivity contribution in [3.05, 3.63) is 17.3 Å². The first-order valence-electron chi connectivity index (χ1n) is 5.53. The molecule has 1 fully saturated rings. The molecule has 0 bridgehead atoms. The highest BCUT2D eigenvalue weighted by Gasteiger charge is 2.51. The minimum atomic E-state index is -4.50. The number of aromatic nitrogens is 2. The van der Waals surface area contributed by atoms with E-state index in [9.17, 15) is 22.4 Å². The van der Waals surface area contributed by atoms with Gasteiger partial charge in [0.2, 0.25) is 11.2 Å². The molecule has 0 unspecified atom stereocenters. The van der Waals surface area contributed by atoms with E-state index in [4.69, 9.17) is 11.6 Å². The van der Waals surface area contributed by atoms with Crippen LogP contribution in [-0.4, -0.2) is 34.1 Å². The highest BCUT2D eigenvalue weighted by atomic mass is 35.5. The first-order chi connectivity index (χ1) is 9.22. The summed E-state index contributed by atoms with van der Waals surface area (Å²) >= 11 is 5.49. The Kier molecular flexibility index (Phi) is 3.72. The summed E-state index contributed by atoms with van der Waals surface area (Å²) in [6.45, 7) is -1.44. The molecule has 1 aromatic heterocycles. The Morgan fingerprint density at radius 2 is 2.10 bits per heavy atom. The lowest BCUT2D eigenvalue weighted by Gasteiger charge is -2.18. The van der Waals surface area contributed by atoms with E-state index < -0.39 is 30.0 Å². The van der Waals surface area contributed by atoms with Gasteiger partial charge in [0.15, 0.2) is 11.6 Å². The average molecular weight is 313 g/mol. The number of halogens is 5. The highest BCUT2D eigenvalue weighted by Crippen LogP contribution is 2.39. The molecule has 20 heavy (non-hydrogen) atoms. The standard InChI is InChI=1S/C10H9ClF4N4O/c11-8-16-3-5(12)6(18-8)19-9(1-2-9)7(20)17-4-10(13,14)15/h3H,1-2,4H2,(H,17,20)(H,16,18,19). The van der Waals surface area contributed by atoms with E-state index in [-0.39, 0.29) is 23.9 Å². The Hall–Kier alpha value is -1.64. The number of amides is 1. The minimum Gasteiger partial charge on any atom is -0.353 e. The molecular weight excluding hydrogens is 304 g/mol. The lowest BCUT2D eigenvalue weighted by molar-refractivity contribution is -0.139. The lowest BCUT2D eigenvalue weighted by atomic mass is 10.2. The second-order valence-corrected chi connectivity index (χ2v) is 4.68. The number of nitrogens with one attached hydrogen (secondary N) is 2. The van der Waals surface area contributed by atoms with Gasteiger partial charge in [-0.3, -0.25) is 4.79 Å².